The van der Waals surface area contributed by atoms with E-state index in [1.54, 1.807) is 13.0 Å². The molecule has 0 radical (unpaired) electrons. The SMILES string of the molecule is C=C(C)OC(C)=C=CC. The van der Waals surface area contributed by atoms with Gasteiger partial charge in [-0.2, -0.15) is 0 Å². The highest BCUT2D eigenvalue weighted by Crippen LogP contribution is 1.99. The van der Waals surface area contributed by atoms with Crippen molar-refractivity contribution in [3.05, 3.63) is 29.9 Å². The Hall–Kier alpha value is -0.940. The van der Waals surface area contributed by atoms with Crippen molar-refractivity contribution in [1.29, 1.82) is 0 Å². The van der Waals surface area contributed by atoms with E-state index in [1.807, 2.05) is 13.8 Å². The van der Waals surface area contributed by atoms with Crippen molar-refractivity contribution in [2.45, 2.75) is 20.8 Å². The van der Waals surface area contributed by atoms with E-state index < -0.39 is 0 Å². The molecule has 0 saturated heterocycles. The first-order chi connectivity index (χ1) is 4.16. The van der Waals surface area contributed by atoms with E-state index in [-0.39, 0.29) is 0 Å². The van der Waals surface area contributed by atoms with Crippen molar-refractivity contribution in [1.82, 2.24) is 0 Å². The maximum atomic E-state index is 5.07. The van der Waals surface area contributed by atoms with Gasteiger partial charge in [-0.3, -0.25) is 0 Å². The van der Waals surface area contributed by atoms with Crippen LogP contribution in [0.5, 0.6) is 0 Å². The van der Waals surface area contributed by atoms with Gasteiger partial charge in [0.05, 0.1) is 5.76 Å². The topological polar surface area (TPSA) is 9.23 Å². The molecule has 9 heavy (non-hydrogen) atoms. The number of ether oxygens (including phenoxy) is 1. The minimum absolute atomic E-state index is 0.696. The number of hydrogen-bond donors (Lipinski definition) is 0. The Labute approximate surface area is 56.3 Å². The van der Waals surface area contributed by atoms with Crippen LogP contribution in [0.25, 0.3) is 0 Å². The molecule has 0 heterocycles. The van der Waals surface area contributed by atoms with Gasteiger partial charge in [0.15, 0.2) is 0 Å². The second-order valence-corrected chi connectivity index (χ2v) is 1.79. The fourth-order valence-corrected chi connectivity index (χ4v) is 0.494. The first kappa shape index (κ1) is 8.06. The molecular weight excluding hydrogens is 112 g/mol. The molecule has 1 nitrogen and oxygen atoms in total. The summed E-state index contributed by atoms with van der Waals surface area (Å²) in [5.74, 6) is 1.45. The quantitative estimate of drug-likeness (QED) is 0.406. The predicted octanol–water partition coefficient (Wildman–Crippen LogP) is 2.62. The van der Waals surface area contributed by atoms with Gasteiger partial charge in [0.2, 0.25) is 0 Å². The molecule has 0 spiro atoms. The molecule has 0 N–H and O–H groups in total. The number of hydrogen-bond acceptors (Lipinski definition) is 1. The summed E-state index contributed by atoms with van der Waals surface area (Å²) in [6.07, 6.45) is 1.80. The predicted molar refractivity (Wildman–Crippen MR) is 38.8 cm³/mol. The molecule has 0 unspecified atom stereocenters. The van der Waals surface area contributed by atoms with Crippen LogP contribution in [0, 0.1) is 0 Å². The standard InChI is InChI=1S/C8H12O/c1-5-6-8(4)9-7(2)3/h5H,2H2,1,3-4H3. The Morgan fingerprint density at radius 3 is 2.44 bits per heavy atom. The minimum Gasteiger partial charge on any atom is -0.459 e. The maximum absolute atomic E-state index is 5.07. The zero-order chi connectivity index (χ0) is 7.28. The fraction of sp³-hybridized carbons (Fsp3) is 0.375. The van der Waals surface area contributed by atoms with E-state index >= 15 is 0 Å². The zero-order valence-corrected chi connectivity index (χ0v) is 6.19. The summed E-state index contributed by atoms with van der Waals surface area (Å²) in [6.45, 7) is 9.12. The van der Waals surface area contributed by atoms with Gasteiger partial charge in [0, 0.05) is 6.92 Å². The van der Waals surface area contributed by atoms with Crippen LogP contribution in [0.3, 0.4) is 0 Å². The zero-order valence-electron chi connectivity index (χ0n) is 6.19. The lowest BCUT2D eigenvalue weighted by Gasteiger charge is -1.99. The highest BCUT2D eigenvalue weighted by Gasteiger charge is 1.84. The molecule has 50 valence electrons. The Bertz CT molecular complexity index is 159. The monoisotopic (exact) mass is 124 g/mol. The van der Waals surface area contributed by atoms with Crippen LogP contribution in [-0.2, 0) is 4.74 Å². The van der Waals surface area contributed by atoms with Gasteiger partial charge in [0.1, 0.15) is 5.76 Å². The van der Waals surface area contributed by atoms with Gasteiger partial charge in [-0.05, 0) is 19.9 Å². The van der Waals surface area contributed by atoms with Crippen LogP contribution in [0.4, 0.5) is 0 Å². The molecule has 0 saturated carbocycles. The molecule has 0 aliphatic rings. The van der Waals surface area contributed by atoms with Crippen LogP contribution in [0.15, 0.2) is 29.9 Å². The normalized spacial score (nSPS) is 7.44. The molecule has 0 aromatic heterocycles. The van der Waals surface area contributed by atoms with Gasteiger partial charge in [0.25, 0.3) is 0 Å². The highest BCUT2D eigenvalue weighted by atomic mass is 16.5. The van der Waals surface area contributed by atoms with Crippen molar-refractivity contribution < 1.29 is 4.74 Å². The van der Waals surface area contributed by atoms with Gasteiger partial charge in [-0.15, -0.1) is 0 Å². The van der Waals surface area contributed by atoms with Crippen LogP contribution in [-0.4, -0.2) is 0 Å². The minimum atomic E-state index is 0.696. The second-order valence-electron chi connectivity index (χ2n) is 1.79. The lowest BCUT2D eigenvalue weighted by molar-refractivity contribution is 0.312. The average Bonchev–Trinajstić information content (AvgIpc) is 1.63. The summed E-state index contributed by atoms with van der Waals surface area (Å²) >= 11 is 0. The van der Waals surface area contributed by atoms with Crippen molar-refractivity contribution >= 4 is 0 Å². The van der Waals surface area contributed by atoms with Gasteiger partial charge >= 0.3 is 0 Å². The second kappa shape index (κ2) is 3.99. The molecule has 0 aromatic carbocycles. The fourth-order valence-electron chi connectivity index (χ4n) is 0.494. The highest BCUT2D eigenvalue weighted by molar-refractivity contribution is 4.92. The van der Waals surface area contributed by atoms with Crippen molar-refractivity contribution in [3.63, 3.8) is 0 Å². The average molecular weight is 124 g/mol. The smallest absolute Gasteiger partial charge is 0.142 e. The summed E-state index contributed by atoms with van der Waals surface area (Å²) < 4.78 is 5.07. The van der Waals surface area contributed by atoms with E-state index in [0.29, 0.717) is 5.76 Å². The molecule has 0 bridgehead atoms. The third-order valence-corrected chi connectivity index (χ3v) is 0.675. The molecule has 0 aliphatic carbocycles. The van der Waals surface area contributed by atoms with Crippen LogP contribution < -0.4 is 0 Å². The van der Waals surface area contributed by atoms with Crippen LogP contribution in [0.2, 0.25) is 0 Å². The Morgan fingerprint density at radius 2 is 2.11 bits per heavy atom. The van der Waals surface area contributed by atoms with Crippen LogP contribution in [0.1, 0.15) is 20.8 Å². The molecular formula is C8H12O. The lowest BCUT2D eigenvalue weighted by Crippen LogP contribution is -1.80. The van der Waals surface area contributed by atoms with Crippen LogP contribution >= 0.6 is 0 Å². The number of rotatable bonds is 2. The van der Waals surface area contributed by atoms with E-state index in [1.165, 1.54) is 0 Å². The maximum Gasteiger partial charge on any atom is 0.142 e. The first-order valence-electron chi connectivity index (χ1n) is 2.88. The molecule has 0 aliphatic heterocycles. The first-order valence-corrected chi connectivity index (χ1v) is 2.88. The van der Waals surface area contributed by atoms with Crippen molar-refractivity contribution in [2.24, 2.45) is 0 Å². The molecule has 0 amide bonds. The van der Waals surface area contributed by atoms with E-state index in [9.17, 15) is 0 Å². The largest absolute Gasteiger partial charge is 0.459 e. The van der Waals surface area contributed by atoms with E-state index in [4.69, 9.17) is 4.74 Å². The summed E-state index contributed by atoms with van der Waals surface area (Å²) in [5.41, 5.74) is 2.89. The molecule has 0 aromatic rings. The molecule has 0 fully saturated rings. The summed E-state index contributed by atoms with van der Waals surface area (Å²) in [5, 5.41) is 0. The Morgan fingerprint density at radius 1 is 1.56 bits per heavy atom. The molecule has 1 heteroatoms. The Balaban J connectivity index is 3.92. The summed E-state index contributed by atoms with van der Waals surface area (Å²) in [7, 11) is 0. The van der Waals surface area contributed by atoms with E-state index in [0.717, 1.165) is 5.76 Å². The van der Waals surface area contributed by atoms with Gasteiger partial charge in [-0.25, -0.2) is 0 Å². The number of allylic oxidation sites excluding steroid dienone is 2. The third-order valence-electron chi connectivity index (χ3n) is 0.675. The van der Waals surface area contributed by atoms with E-state index in [2.05, 4.69) is 12.3 Å². The third kappa shape index (κ3) is 4.92. The lowest BCUT2D eigenvalue weighted by atomic mass is 10.5. The summed E-state index contributed by atoms with van der Waals surface area (Å²) in [4.78, 5) is 0. The van der Waals surface area contributed by atoms with Crippen molar-refractivity contribution in [2.75, 3.05) is 0 Å². The van der Waals surface area contributed by atoms with Gasteiger partial charge < -0.3 is 4.74 Å². The summed E-state index contributed by atoms with van der Waals surface area (Å²) in [6, 6.07) is 0. The van der Waals surface area contributed by atoms with Gasteiger partial charge in [-0.1, -0.05) is 12.3 Å². The molecule has 0 rings (SSSR count). The Kier molecular flexibility index (Phi) is 3.57. The van der Waals surface area contributed by atoms with Crippen molar-refractivity contribution in [3.8, 4) is 0 Å². The molecule has 0 atom stereocenters.